The molecule has 0 spiro atoms. The first-order valence-corrected chi connectivity index (χ1v) is 26.3. The molecular formula is C55H100NO8+. The fourth-order valence-corrected chi connectivity index (χ4v) is 7.19. The summed E-state index contributed by atoms with van der Waals surface area (Å²) in [6, 6.07) is 0. The Hall–Kier alpha value is -2.75. The van der Waals surface area contributed by atoms with Gasteiger partial charge in [-0.15, -0.1) is 0 Å². The fraction of sp³-hybridized carbons (Fsp3) is 0.800. The van der Waals surface area contributed by atoms with Crippen molar-refractivity contribution in [2.75, 3.05) is 47.5 Å². The summed E-state index contributed by atoms with van der Waals surface area (Å²) in [5.74, 6) is -2.02. The average Bonchev–Trinajstić information content (AvgIpc) is 3.26. The second-order valence-electron chi connectivity index (χ2n) is 18.8. The number of aliphatic carboxylic acids is 1. The van der Waals surface area contributed by atoms with Crippen LogP contribution in [0, 0.1) is 0 Å². The SMILES string of the molecule is CCCCCCC/C=C\C/C=C\C/C=C\CCCCCCCCCCC(=O)OC(COC(=O)CCCCCCC/C=C\CCCCCCCCC)COC(OCC[N+](C)(C)C)C(=O)O. The van der Waals surface area contributed by atoms with Crippen molar-refractivity contribution >= 4 is 17.9 Å². The van der Waals surface area contributed by atoms with E-state index in [0.717, 1.165) is 77.0 Å². The zero-order chi connectivity index (χ0) is 47.0. The molecule has 0 radical (unpaired) electrons. The smallest absolute Gasteiger partial charge is 0.361 e. The molecule has 0 rings (SSSR count). The molecule has 0 fully saturated rings. The van der Waals surface area contributed by atoms with E-state index < -0.39 is 24.3 Å². The lowest BCUT2D eigenvalue weighted by molar-refractivity contribution is -0.870. The van der Waals surface area contributed by atoms with Crippen molar-refractivity contribution in [2.45, 2.75) is 238 Å². The van der Waals surface area contributed by atoms with Crippen molar-refractivity contribution in [3.63, 3.8) is 0 Å². The minimum absolute atomic E-state index is 0.184. The summed E-state index contributed by atoms with van der Waals surface area (Å²) in [5.41, 5.74) is 0. The number of carbonyl (C=O) groups excluding carboxylic acids is 2. The maximum absolute atomic E-state index is 12.8. The van der Waals surface area contributed by atoms with Crippen LogP contribution in [-0.4, -0.2) is 87.4 Å². The summed E-state index contributed by atoms with van der Waals surface area (Å²) in [6.45, 7) is 4.85. The van der Waals surface area contributed by atoms with Gasteiger partial charge in [0, 0.05) is 12.8 Å². The van der Waals surface area contributed by atoms with Crippen LogP contribution < -0.4 is 0 Å². The van der Waals surface area contributed by atoms with E-state index in [9.17, 15) is 19.5 Å². The van der Waals surface area contributed by atoms with Crippen molar-refractivity contribution in [1.82, 2.24) is 0 Å². The van der Waals surface area contributed by atoms with Gasteiger partial charge in [-0.3, -0.25) is 9.59 Å². The Kier molecular flexibility index (Phi) is 44.8. The van der Waals surface area contributed by atoms with Crippen LogP contribution >= 0.6 is 0 Å². The summed E-state index contributed by atoms with van der Waals surface area (Å²) in [5, 5.41) is 9.67. The third kappa shape index (κ3) is 47.2. The fourth-order valence-electron chi connectivity index (χ4n) is 7.19. The normalized spacial score (nSPS) is 13.2. The first-order chi connectivity index (χ1) is 31.1. The highest BCUT2D eigenvalue weighted by Crippen LogP contribution is 2.14. The van der Waals surface area contributed by atoms with Gasteiger partial charge < -0.3 is 28.5 Å². The van der Waals surface area contributed by atoms with Crippen molar-refractivity contribution in [2.24, 2.45) is 0 Å². The number of hydrogen-bond acceptors (Lipinski definition) is 7. The lowest BCUT2D eigenvalue weighted by Gasteiger charge is -2.25. The molecule has 9 heteroatoms. The van der Waals surface area contributed by atoms with Crippen LogP contribution in [0.15, 0.2) is 48.6 Å². The molecule has 0 saturated heterocycles. The van der Waals surface area contributed by atoms with Crippen LogP contribution in [-0.2, 0) is 33.3 Å². The number of nitrogens with zero attached hydrogens (tertiary/aromatic N) is 1. The zero-order valence-electron chi connectivity index (χ0n) is 42.2. The number of quaternary nitrogens is 1. The molecule has 0 aromatic carbocycles. The summed E-state index contributed by atoms with van der Waals surface area (Å²) in [7, 11) is 5.96. The van der Waals surface area contributed by atoms with Gasteiger partial charge in [0.05, 0.1) is 34.4 Å². The van der Waals surface area contributed by atoms with Crippen molar-refractivity contribution in [1.29, 1.82) is 0 Å². The highest BCUT2D eigenvalue weighted by atomic mass is 16.7. The Labute approximate surface area is 393 Å². The topological polar surface area (TPSA) is 108 Å². The largest absolute Gasteiger partial charge is 0.477 e. The van der Waals surface area contributed by atoms with Gasteiger partial charge in [0.1, 0.15) is 13.2 Å². The van der Waals surface area contributed by atoms with Gasteiger partial charge >= 0.3 is 17.9 Å². The van der Waals surface area contributed by atoms with Crippen LogP contribution in [0.1, 0.15) is 226 Å². The third-order valence-electron chi connectivity index (χ3n) is 11.3. The Morgan fingerprint density at radius 3 is 1.27 bits per heavy atom. The number of carboxylic acids is 1. The second-order valence-corrected chi connectivity index (χ2v) is 18.8. The molecule has 0 saturated carbocycles. The Balaban J connectivity index is 4.35. The number of rotatable bonds is 48. The first-order valence-electron chi connectivity index (χ1n) is 26.3. The number of hydrogen-bond donors (Lipinski definition) is 1. The maximum atomic E-state index is 12.8. The maximum Gasteiger partial charge on any atom is 0.361 e. The molecule has 0 aliphatic heterocycles. The van der Waals surface area contributed by atoms with E-state index in [1.165, 1.54) is 116 Å². The van der Waals surface area contributed by atoms with Gasteiger partial charge in [-0.1, -0.05) is 184 Å². The number of unbranched alkanes of at least 4 members (excludes halogenated alkanes) is 25. The average molecular weight is 903 g/mol. The summed E-state index contributed by atoms with van der Waals surface area (Å²) in [6.07, 6.45) is 53.1. The Morgan fingerprint density at radius 1 is 0.469 bits per heavy atom. The van der Waals surface area contributed by atoms with E-state index in [1.807, 2.05) is 21.1 Å². The summed E-state index contributed by atoms with van der Waals surface area (Å²) < 4.78 is 22.8. The van der Waals surface area contributed by atoms with Gasteiger partial charge in [-0.05, 0) is 77.0 Å². The molecule has 0 aliphatic rings. The molecule has 0 bridgehead atoms. The molecule has 1 N–H and O–H groups in total. The predicted octanol–water partition coefficient (Wildman–Crippen LogP) is 14.7. The van der Waals surface area contributed by atoms with E-state index in [0.29, 0.717) is 23.9 Å². The van der Waals surface area contributed by atoms with Crippen molar-refractivity contribution in [3.8, 4) is 0 Å². The highest BCUT2D eigenvalue weighted by molar-refractivity contribution is 5.71. The van der Waals surface area contributed by atoms with Crippen LogP contribution in [0.3, 0.4) is 0 Å². The predicted molar refractivity (Wildman–Crippen MR) is 267 cm³/mol. The molecule has 2 unspecified atom stereocenters. The molecular weight excluding hydrogens is 803 g/mol. The van der Waals surface area contributed by atoms with Crippen molar-refractivity contribution in [3.05, 3.63) is 48.6 Å². The monoisotopic (exact) mass is 903 g/mol. The highest BCUT2D eigenvalue weighted by Gasteiger charge is 2.25. The van der Waals surface area contributed by atoms with E-state index >= 15 is 0 Å². The van der Waals surface area contributed by atoms with Gasteiger partial charge in [-0.2, -0.15) is 0 Å². The molecule has 64 heavy (non-hydrogen) atoms. The second kappa shape index (κ2) is 46.8. The van der Waals surface area contributed by atoms with Crippen LogP contribution in [0.25, 0.3) is 0 Å². The van der Waals surface area contributed by atoms with E-state index in [4.69, 9.17) is 18.9 Å². The lowest BCUT2D eigenvalue weighted by Crippen LogP contribution is -2.40. The van der Waals surface area contributed by atoms with Gasteiger partial charge in [-0.25, -0.2) is 4.79 Å². The Morgan fingerprint density at radius 2 is 0.844 bits per heavy atom. The van der Waals surface area contributed by atoms with E-state index in [2.05, 4.69) is 62.5 Å². The number of carboxylic acid groups (broad SMARTS) is 1. The molecule has 0 aliphatic carbocycles. The summed E-state index contributed by atoms with van der Waals surface area (Å²) >= 11 is 0. The van der Waals surface area contributed by atoms with Gasteiger partial charge in [0.15, 0.2) is 6.10 Å². The number of carbonyl (C=O) groups is 3. The van der Waals surface area contributed by atoms with Gasteiger partial charge in [0.25, 0.3) is 6.29 Å². The minimum atomic E-state index is -1.51. The van der Waals surface area contributed by atoms with Crippen LogP contribution in [0.4, 0.5) is 0 Å². The minimum Gasteiger partial charge on any atom is -0.477 e. The molecule has 0 aromatic heterocycles. The standard InChI is InChI=1S/C55H99NO8/c1-6-8-10-12-14-16-18-20-22-24-25-26-27-28-29-30-32-34-36-38-40-42-44-46-53(58)64-51(50-63-55(54(59)60)61-48-47-56(3,4)5)49-62-52(57)45-43-41-39-37-35-33-31-23-21-19-17-15-13-11-9-7-2/h18,20,23-25,27-28,31,51,55H,6-17,19,21-22,26,29-30,32-50H2,1-5H3/p+1/b20-18-,25-24-,28-27-,31-23-. The third-order valence-corrected chi connectivity index (χ3v) is 11.3. The number of ether oxygens (including phenoxy) is 4. The lowest BCUT2D eigenvalue weighted by atomic mass is 10.1. The Bertz CT molecular complexity index is 1190. The molecule has 9 nitrogen and oxygen atoms in total. The van der Waals surface area contributed by atoms with Crippen molar-refractivity contribution < 1.29 is 42.9 Å². The quantitative estimate of drug-likeness (QED) is 0.0211. The molecule has 2 atom stereocenters. The molecule has 0 aromatic rings. The number of allylic oxidation sites excluding steroid dienone is 8. The van der Waals surface area contributed by atoms with Crippen LogP contribution in [0.5, 0.6) is 0 Å². The van der Waals surface area contributed by atoms with Crippen LogP contribution in [0.2, 0.25) is 0 Å². The van der Waals surface area contributed by atoms with Gasteiger partial charge in [0.2, 0.25) is 0 Å². The number of likely N-dealkylation sites (N-methyl/N-ethyl adjacent to an activating group) is 1. The molecule has 0 heterocycles. The van der Waals surface area contributed by atoms with E-state index in [-0.39, 0.29) is 32.2 Å². The molecule has 0 amide bonds. The van der Waals surface area contributed by atoms with E-state index in [1.54, 1.807) is 0 Å². The first kappa shape index (κ1) is 61.2. The number of esters is 2. The zero-order valence-corrected chi connectivity index (χ0v) is 42.2. The summed E-state index contributed by atoms with van der Waals surface area (Å²) in [4.78, 5) is 37.3. The molecule has 372 valence electrons.